The van der Waals surface area contributed by atoms with Gasteiger partial charge >= 0.3 is 0 Å². The third kappa shape index (κ3) is 4.50. The quantitative estimate of drug-likeness (QED) is 0.703. The number of rotatable bonds is 8. The van der Waals surface area contributed by atoms with E-state index in [1.165, 1.54) is 41.5 Å². The van der Waals surface area contributed by atoms with Gasteiger partial charge < -0.3 is 5.11 Å². The maximum absolute atomic E-state index is 8.89. The minimum Gasteiger partial charge on any atom is -0.396 e. The molecule has 2 aromatic carbocycles. The first-order valence-electron chi connectivity index (χ1n) is 9.78. The Morgan fingerprint density at radius 3 is 1.92 bits per heavy atom. The second kappa shape index (κ2) is 9.17. The van der Waals surface area contributed by atoms with Gasteiger partial charge in [0.2, 0.25) is 0 Å². The van der Waals surface area contributed by atoms with Gasteiger partial charge in [0.05, 0.1) is 6.04 Å². The summed E-state index contributed by atoms with van der Waals surface area (Å²) in [5.41, 5.74) is 5.96. The van der Waals surface area contributed by atoms with Gasteiger partial charge in [-0.1, -0.05) is 67.8 Å². The minimum atomic E-state index is 0.329. The predicted molar refractivity (Wildman–Crippen MR) is 105 cm³/mol. The lowest BCUT2D eigenvalue weighted by Crippen LogP contribution is -2.27. The normalized spacial score (nSPS) is 14.2. The molecule has 0 radical (unpaired) electrons. The van der Waals surface area contributed by atoms with Gasteiger partial charge in [0.1, 0.15) is 0 Å². The molecule has 0 saturated heterocycles. The standard InChI is InChI=1S/C23H31NO/c1-24(17-9-3-2-4-10-18-25)23-21-13-7-5-11-19(21)15-16-20-12-6-8-14-22(20)23/h5-8,11-14,23,25H,2-4,9-10,15-18H2,1H3. The fraction of sp³-hybridized carbons (Fsp3) is 0.478. The van der Waals surface area contributed by atoms with Crippen LogP contribution in [0, 0.1) is 0 Å². The van der Waals surface area contributed by atoms with E-state index in [2.05, 4.69) is 60.5 Å². The molecular formula is C23H31NO. The summed E-state index contributed by atoms with van der Waals surface area (Å²) in [5, 5.41) is 8.89. The van der Waals surface area contributed by atoms with E-state index < -0.39 is 0 Å². The van der Waals surface area contributed by atoms with Gasteiger partial charge in [-0.05, 0) is 61.5 Å². The summed E-state index contributed by atoms with van der Waals surface area (Å²) in [4.78, 5) is 2.54. The molecule has 0 aliphatic heterocycles. The van der Waals surface area contributed by atoms with Crippen molar-refractivity contribution in [2.45, 2.75) is 51.0 Å². The molecule has 0 heterocycles. The Kier molecular flexibility index (Phi) is 6.66. The molecule has 0 fully saturated rings. The summed E-state index contributed by atoms with van der Waals surface area (Å²) in [7, 11) is 2.28. The Hall–Kier alpha value is -1.64. The second-order valence-electron chi connectivity index (χ2n) is 7.27. The molecule has 1 aliphatic carbocycles. The van der Waals surface area contributed by atoms with Crippen molar-refractivity contribution in [3.8, 4) is 0 Å². The lowest BCUT2D eigenvalue weighted by Gasteiger charge is -2.30. The third-order valence-electron chi connectivity index (χ3n) is 5.47. The first-order chi connectivity index (χ1) is 12.3. The zero-order valence-electron chi connectivity index (χ0n) is 15.5. The molecular weight excluding hydrogens is 306 g/mol. The Morgan fingerprint density at radius 2 is 1.32 bits per heavy atom. The summed E-state index contributed by atoms with van der Waals surface area (Å²) in [6.45, 7) is 1.45. The highest BCUT2D eigenvalue weighted by molar-refractivity contribution is 5.44. The number of hydrogen-bond donors (Lipinski definition) is 1. The van der Waals surface area contributed by atoms with Crippen LogP contribution >= 0.6 is 0 Å². The van der Waals surface area contributed by atoms with E-state index >= 15 is 0 Å². The van der Waals surface area contributed by atoms with Crippen molar-refractivity contribution in [1.82, 2.24) is 4.90 Å². The topological polar surface area (TPSA) is 23.5 Å². The SMILES string of the molecule is CN(CCCCCCCO)C1c2ccccc2CCc2ccccc21. The predicted octanol–water partition coefficient (Wildman–Crippen LogP) is 4.75. The van der Waals surface area contributed by atoms with Gasteiger partial charge in [-0.3, -0.25) is 4.90 Å². The third-order valence-corrected chi connectivity index (χ3v) is 5.47. The molecule has 3 rings (SSSR count). The van der Waals surface area contributed by atoms with Crippen LogP contribution in [0.4, 0.5) is 0 Å². The molecule has 1 aliphatic rings. The van der Waals surface area contributed by atoms with Gasteiger partial charge in [-0.15, -0.1) is 0 Å². The monoisotopic (exact) mass is 337 g/mol. The summed E-state index contributed by atoms with van der Waals surface area (Å²) in [6, 6.07) is 18.3. The van der Waals surface area contributed by atoms with Crippen LogP contribution in [0.5, 0.6) is 0 Å². The number of unbranched alkanes of at least 4 members (excludes halogenated alkanes) is 4. The number of benzene rings is 2. The number of aryl methyl sites for hydroxylation is 2. The van der Waals surface area contributed by atoms with Crippen LogP contribution in [0.3, 0.4) is 0 Å². The van der Waals surface area contributed by atoms with Crippen molar-refractivity contribution in [1.29, 1.82) is 0 Å². The molecule has 0 atom stereocenters. The summed E-state index contributed by atoms with van der Waals surface area (Å²) >= 11 is 0. The number of hydrogen-bond acceptors (Lipinski definition) is 2. The molecule has 0 amide bonds. The van der Waals surface area contributed by atoms with E-state index in [1.54, 1.807) is 0 Å². The van der Waals surface area contributed by atoms with Gasteiger partial charge in [0.15, 0.2) is 0 Å². The number of fused-ring (bicyclic) bond motifs is 2. The van der Waals surface area contributed by atoms with E-state index in [0.29, 0.717) is 12.6 Å². The van der Waals surface area contributed by atoms with Gasteiger partial charge in [-0.25, -0.2) is 0 Å². The van der Waals surface area contributed by atoms with E-state index in [9.17, 15) is 0 Å². The maximum atomic E-state index is 8.89. The Labute approximate surface area is 152 Å². The van der Waals surface area contributed by atoms with E-state index in [-0.39, 0.29) is 0 Å². The van der Waals surface area contributed by atoms with Crippen molar-refractivity contribution >= 4 is 0 Å². The molecule has 2 nitrogen and oxygen atoms in total. The smallest absolute Gasteiger partial charge is 0.0604 e. The molecule has 0 aromatic heterocycles. The fourth-order valence-corrected chi connectivity index (χ4v) is 4.10. The van der Waals surface area contributed by atoms with Crippen molar-refractivity contribution in [2.75, 3.05) is 20.2 Å². The average Bonchev–Trinajstić information content (AvgIpc) is 2.81. The molecule has 134 valence electrons. The highest BCUT2D eigenvalue weighted by atomic mass is 16.2. The van der Waals surface area contributed by atoms with Crippen LogP contribution in [0.1, 0.15) is 60.4 Å². The molecule has 0 bridgehead atoms. The lowest BCUT2D eigenvalue weighted by molar-refractivity contribution is 0.266. The summed E-state index contributed by atoms with van der Waals surface area (Å²) < 4.78 is 0. The molecule has 0 unspecified atom stereocenters. The highest BCUT2D eigenvalue weighted by Crippen LogP contribution is 2.36. The Morgan fingerprint density at radius 1 is 0.800 bits per heavy atom. The summed E-state index contributed by atoms with van der Waals surface area (Å²) in [5.74, 6) is 0. The van der Waals surface area contributed by atoms with Crippen LogP contribution in [0.2, 0.25) is 0 Å². The van der Waals surface area contributed by atoms with E-state index in [4.69, 9.17) is 5.11 Å². The molecule has 1 N–H and O–H groups in total. The van der Waals surface area contributed by atoms with Gasteiger partial charge in [0.25, 0.3) is 0 Å². The Bertz CT molecular complexity index is 619. The maximum Gasteiger partial charge on any atom is 0.0604 e. The van der Waals surface area contributed by atoms with Crippen LogP contribution < -0.4 is 0 Å². The minimum absolute atomic E-state index is 0.329. The zero-order valence-corrected chi connectivity index (χ0v) is 15.5. The molecule has 25 heavy (non-hydrogen) atoms. The molecule has 0 spiro atoms. The number of aliphatic hydroxyl groups is 1. The summed E-state index contributed by atoms with van der Waals surface area (Å²) in [6.07, 6.45) is 8.07. The fourth-order valence-electron chi connectivity index (χ4n) is 4.10. The Balaban J connectivity index is 1.75. The lowest BCUT2D eigenvalue weighted by atomic mass is 9.93. The first-order valence-corrected chi connectivity index (χ1v) is 9.78. The van der Waals surface area contributed by atoms with E-state index in [1.807, 2.05) is 0 Å². The molecule has 2 aromatic rings. The molecule has 2 heteroatoms. The highest BCUT2D eigenvalue weighted by Gasteiger charge is 2.26. The van der Waals surface area contributed by atoms with Gasteiger partial charge in [0, 0.05) is 6.61 Å². The van der Waals surface area contributed by atoms with Gasteiger partial charge in [-0.2, -0.15) is 0 Å². The second-order valence-corrected chi connectivity index (χ2v) is 7.27. The van der Waals surface area contributed by atoms with Crippen molar-refractivity contribution < 1.29 is 5.11 Å². The largest absolute Gasteiger partial charge is 0.396 e. The number of nitrogens with zero attached hydrogens (tertiary/aromatic N) is 1. The van der Waals surface area contributed by atoms with Crippen molar-refractivity contribution in [3.63, 3.8) is 0 Å². The average molecular weight is 338 g/mol. The van der Waals surface area contributed by atoms with Crippen LogP contribution in [-0.2, 0) is 12.8 Å². The van der Waals surface area contributed by atoms with Crippen LogP contribution in [0.15, 0.2) is 48.5 Å². The zero-order chi connectivity index (χ0) is 17.5. The van der Waals surface area contributed by atoms with Crippen molar-refractivity contribution in [2.24, 2.45) is 0 Å². The van der Waals surface area contributed by atoms with E-state index in [0.717, 1.165) is 32.2 Å². The van der Waals surface area contributed by atoms with Crippen LogP contribution in [-0.4, -0.2) is 30.2 Å². The number of aliphatic hydroxyl groups excluding tert-OH is 1. The molecule has 0 saturated carbocycles. The van der Waals surface area contributed by atoms with Crippen molar-refractivity contribution in [3.05, 3.63) is 70.8 Å². The van der Waals surface area contributed by atoms with Crippen LogP contribution in [0.25, 0.3) is 0 Å². The first kappa shape index (κ1) is 18.2.